The van der Waals surface area contributed by atoms with Crippen LogP contribution in [0.4, 0.5) is 0 Å². The predicted octanol–water partition coefficient (Wildman–Crippen LogP) is 3.67. The molecule has 1 heteroatoms. The summed E-state index contributed by atoms with van der Waals surface area (Å²) in [6.07, 6.45) is 9.85. The zero-order chi connectivity index (χ0) is 8.36. The Balaban J connectivity index is 2.90. The second-order valence-corrected chi connectivity index (χ2v) is 3.26. The summed E-state index contributed by atoms with van der Waals surface area (Å²) in [6.45, 7) is 2.24. The summed E-state index contributed by atoms with van der Waals surface area (Å²) in [5, 5.41) is 3.01. The first-order chi connectivity index (χ1) is 5.41. The van der Waals surface area contributed by atoms with E-state index in [0.717, 1.165) is 6.42 Å². The second kappa shape index (κ2) is 9.91. The van der Waals surface area contributed by atoms with Gasteiger partial charge in [0.05, 0.1) is 0 Å². The Morgan fingerprint density at radius 2 is 1.82 bits per heavy atom. The topological polar surface area (TPSA) is 0 Å². The summed E-state index contributed by atoms with van der Waals surface area (Å²) in [4.78, 5) is 0. The number of hydrogen-bond donors (Lipinski definition) is 0. The minimum atomic E-state index is 1.09. The van der Waals surface area contributed by atoms with Crippen LogP contribution in [0.5, 0.6) is 0 Å². The third-order valence-corrected chi connectivity index (χ3v) is 1.93. The van der Waals surface area contributed by atoms with Gasteiger partial charge in [0, 0.05) is 6.42 Å². The van der Waals surface area contributed by atoms with Gasteiger partial charge in [0.2, 0.25) is 0 Å². The van der Waals surface area contributed by atoms with Crippen LogP contribution >= 0.6 is 11.8 Å². The molecule has 0 radical (unpaired) electrons. The summed E-state index contributed by atoms with van der Waals surface area (Å²) in [5.74, 6) is 3.12. The first-order valence-electron chi connectivity index (χ1n) is 4.42. The van der Waals surface area contributed by atoms with E-state index in [9.17, 15) is 0 Å². The Labute approximate surface area is 75.1 Å². The highest BCUT2D eigenvalue weighted by Gasteiger charge is 1.85. The van der Waals surface area contributed by atoms with E-state index in [2.05, 4.69) is 18.1 Å². The molecule has 0 unspecified atom stereocenters. The van der Waals surface area contributed by atoms with E-state index in [4.69, 9.17) is 0 Å². The maximum absolute atomic E-state index is 3.12. The van der Waals surface area contributed by atoms with Crippen molar-refractivity contribution in [3.8, 4) is 11.2 Å². The van der Waals surface area contributed by atoms with E-state index >= 15 is 0 Å². The highest BCUT2D eigenvalue weighted by Crippen LogP contribution is 2.04. The van der Waals surface area contributed by atoms with Gasteiger partial charge in [-0.05, 0) is 17.9 Å². The second-order valence-electron chi connectivity index (χ2n) is 2.65. The summed E-state index contributed by atoms with van der Waals surface area (Å²) < 4.78 is 0. The van der Waals surface area contributed by atoms with Gasteiger partial charge < -0.3 is 0 Å². The molecule has 0 rings (SSSR count). The van der Waals surface area contributed by atoms with Gasteiger partial charge in [-0.2, -0.15) is 0 Å². The molecule has 11 heavy (non-hydrogen) atoms. The summed E-state index contributed by atoms with van der Waals surface area (Å²) in [6, 6.07) is 0. The lowest BCUT2D eigenvalue weighted by Gasteiger charge is -1.93. The van der Waals surface area contributed by atoms with Gasteiger partial charge in [-0.3, -0.25) is 0 Å². The van der Waals surface area contributed by atoms with Crippen molar-refractivity contribution in [2.45, 2.75) is 45.4 Å². The lowest BCUT2D eigenvalue weighted by atomic mass is 10.1. The lowest BCUT2D eigenvalue weighted by Crippen LogP contribution is -1.75. The Morgan fingerprint density at radius 3 is 2.45 bits per heavy atom. The fourth-order valence-electron chi connectivity index (χ4n) is 0.940. The molecule has 0 aromatic carbocycles. The molecule has 0 amide bonds. The average molecular weight is 170 g/mol. The number of unbranched alkanes of at least 4 members (excludes halogenated alkanes) is 5. The zero-order valence-corrected chi connectivity index (χ0v) is 8.47. The van der Waals surface area contributed by atoms with Gasteiger partial charge >= 0.3 is 0 Å². The van der Waals surface area contributed by atoms with Crippen LogP contribution in [0.2, 0.25) is 0 Å². The van der Waals surface area contributed by atoms with Crippen molar-refractivity contribution >= 4 is 11.8 Å². The molecule has 0 heterocycles. The van der Waals surface area contributed by atoms with Crippen LogP contribution in [0.3, 0.4) is 0 Å². The van der Waals surface area contributed by atoms with Crippen LogP contribution in [0, 0.1) is 11.2 Å². The normalized spacial score (nSPS) is 8.91. The van der Waals surface area contributed by atoms with Crippen molar-refractivity contribution in [1.82, 2.24) is 0 Å². The Kier molecular flexibility index (Phi) is 9.83. The molecule has 0 aliphatic carbocycles. The Bertz CT molecular complexity index is 119. The molecular weight excluding hydrogens is 152 g/mol. The molecule has 64 valence electrons. The van der Waals surface area contributed by atoms with Gasteiger partial charge in [-0.1, -0.05) is 50.3 Å². The van der Waals surface area contributed by atoms with Gasteiger partial charge in [0.25, 0.3) is 0 Å². The molecule has 0 saturated carbocycles. The van der Waals surface area contributed by atoms with Crippen molar-refractivity contribution in [1.29, 1.82) is 0 Å². The van der Waals surface area contributed by atoms with Gasteiger partial charge in [-0.25, -0.2) is 0 Å². The van der Waals surface area contributed by atoms with Gasteiger partial charge in [0.1, 0.15) is 0 Å². The van der Waals surface area contributed by atoms with Crippen molar-refractivity contribution in [2.75, 3.05) is 6.26 Å². The number of hydrogen-bond acceptors (Lipinski definition) is 1. The van der Waals surface area contributed by atoms with Crippen LogP contribution in [0.1, 0.15) is 45.4 Å². The molecule has 0 N–H and O–H groups in total. The average Bonchev–Trinajstić information content (AvgIpc) is 2.03. The fourth-order valence-corrected chi connectivity index (χ4v) is 1.19. The minimum absolute atomic E-state index is 1.09. The first-order valence-corrected chi connectivity index (χ1v) is 5.65. The van der Waals surface area contributed by atoms with Gasteiger partial charge in [-0.15, -0.1) is 0 Å². The quantitative estimate of drug-likeness (QED) is 0.448. The smallest absolute Gasteiger partial charge is 0.00976 e. The third kappa shape index (κ3) is 9.91. The molecule has 0 bridgehead atoms. The first kappa shape index (κ1) is 10.9. The maximum atomic E-state index is 3.12. The standard InChI is InChI=1S/C10H18S/c1-3-4-5-6-7-8-9-10-11-2/h3-8H2,1-2H3. The largest absolute Gasteiger partial charge is 0.0913 e. The van der Waals surface area contributed by atoms with E-state index in [1.807, 2.05) is 6.26 Å². The SMILES string of the molecule is CCCCCCCC#CSC. The maximum Gasteiger partial charge on any atom is 0.00976 e. The minimum Gasteiger partial charge on any atom is -0.0913 e. The van der Waals surface area contributed by atoms with Crippen molar-refractivity contribution < 1.29 is 0 Å². The molecule has 0 aromatic rings. The van der Waals surface area contributed by atoms with Crippen LogP contribution in [-0.4, -0.2) is 6.26 Å². The molecule has 0 aromatic heterocycles. The monoisotopic (exact) mass is 170 g/mol. The van der Waals surface area contributed by atoms with Crippen molar-refractivity contribution in [3.63, 3.8) is 0 Å². The fraction of sp³-hybridized carbons (Fsp3) is 0.800. The lowest BCUT2D eigenvalue weighted by molar-refractivity contribution is 0.641. The zero-order valence-electron chi connectivity index (χ0n) is 7.65. The van der Waals surface area contributed by atoms with Crippen molar-refractivity contribution in [2.24, 2.45) is 0 Å². The summed E-state index contributed by atoms with van der Waals surface area (Å²) >= 11 is 1.61. The van der Waals surface area contributed by atoms with E-state index in [1.165, 1.54) is 32.1 Å². The molecule has 0 fully saturated rings. The third-order valence-electron chi connectivity index (χ3n) is 1.58. The van der Waals surface area contributed by atoms with Crippen LogP contribution < -0.4 is 0 Å². The van der Waals surface area contributed by atoms with E-state index < -0.39 is 0 Å². The van der Waals surface area contributed by atoms with E-state index in [1.54, 1.807) is 11.8 Å². The Hall–Kier alpha value is -0.0900. The van der Waals surface area contributed by atoms with Crippen LogP contribution in [0.15, 0.2) is 0 Å². The number of thioether (sulfide) groups is 1. The van der Waals surface area contributed by atoms with Crippen LogP contribution in [-0.2, 0) is 0 Å². The van der Waals surface area contributed by atoms with Gasteiger partial charge in [0.15, 0.2) is 0 Å². The molecule has 0 atom stereocenters. The number of rotatable bonds is 5. The molecule has 0 saturated heterocycles. The van der Waals surface area contributed by atoms with E-state index in [0.29, 0.717) is 0 Å². The van der Waals surface area contributed by atoms with Crippen molar-refractivity contribution in [3.05, 3.63) is 0 Å². The van der Waals surface area contributed by atoms with E-state index in [-0.39, 0.29) is 0 Å². The Morgan fingerprint density at radius 1 is 1.09 bits per heavy atom. The molecule has 0 aliphatic rings. The molecule has 0 spiro atoms. The predicted molar refractivity (Wildman–Crippen MR) is 54.7 cm³/mol. The summed E-state index contributed by atoms with van der Waals surface area (Å²) in [5.41, 5.74) is 0. The highest BCUT2D eigenvalue weighted by molar-refractivity contribution is 8.03. The highest BCUT2D eigenvalue weighted by atomic mass is 32.2. The molecular formula is C10H18S. The summed E-state index contributed by atoms with van der Waals surface area (Å²) in [7, 11) is 0. The van der Waals surface area contributed by atoms with Crippen LogP contribution in [0.25, 0.3) is 0 Å². The molecule has 0 nitrogen and oxygen atoms in total. The molecule has 0 aliphatic heterocycles.